The number of nitrogens with two attached hydrogens (primary N) is 1. The van der Waals surface area contributed by atoms with Gasteiger partial charge in [0, 0.05) is 12.4 Å². The average molecular weight is 256 g/mol. The van der Waals surface area contributed by atoms with Crippen molar-refractivity contribution in [2.75, 3.05) is 0 Å². The molecule has 1 aromatic carbocycles. The zero-order chi connectivity index (χ0) is 13.7. The molecule has 0 atom stereocenters. The van der Waals surface area contributed by atoms with Gasteiger partial charge in [0.05, 0.1) is 0 Å². The van der Waals surface area contributed by atoms with Crippen LogP contribution in [-0.4, -0.2) is 15.8 Å². The lowest BCUT2D eigenvalue weighted by atomic mass is 10.1. The van der Waals surface area contributed by atoms with Crippen LogP contribution in [-0.2, 0) is 6.42 Å². The van der Waals surface area contributed by atoms with Gasteiger partial charge in [0.25, 0.3) is 0 Å². The molecule has 3 N–H and O–H groups in total. The molecule has 19 heavy (non-hydrogen) atoms. The van der Waals surface area contributed by atoms with E-state index in [1.54, 1.807) is 0 Å². The summed E-state index contributed by atoms with van der Waals surface area (Å²) in [6, 6.07) is 7.79. The largest absolute Gasteiger partial charge is 0.437 e. The van der Waals surface area contributed by atoms with Gasteiger partial charge < -0.3 is 10.5 Å². The highest BCUT2D eigenvalue weighted by Crippen LogP contribution is 2.22. The fourth-order valence-corrected chi connectivity index (χ4v) is 1.71. The fourth-order valence-electron chi connectivity index (χ4n) is 1.71. The third-order valence-corrected chi connectivity index (χ3v) is 2.60. The number of aryl methyl sites for hydroxylation is 1. The molecule has 0 saturated carbocycles. The number of rotatable bonds is 5. The molecule has 98 valence electrons. The standard InChI is InChI=1S/C14H16N4O/c1-2-3-10-4-6-11(7-5-10)19-14-12(13(15)16)17-8-9-18-14/h4-9H,2-3H2,1H3,(H3,15,16). The lowest BCUT2D eigenvalue weighted by molar-refractivity contribution is 0.458. The molecule has 5 heteroatoms. The molecule has 0 spiro atoms. The molecule has 0 aliphatic carbocycles. The minimum absolute atomic E-state index is 0.161. The maximum absolute atomic E-state index is 7.43. The highest BCUT2D eigenvalue weighted by molar-refractivity contribution is 5.95. The van der Waals surface area contributed by atoms with Gasteiger partial charge >= 0.3 is 0 Å². The van der Waals surface area contributed by atoms with Crippen molar-refractivity contribution in [2.45, 2.75) is 19.8 Å². The summed E-state index contributed by atoms with van der Waals surface area (Å²) >= 11 is 0. The van der Waals surface area contributed by atoms with E-state index in [0.29, 0.717) is 5.75 Å². The predicted octanol–water partition coefficient (Wildman–Crippen LogP) is 2.51. The Kier molecular flexibility index (Phi) is 4.07. The molecule has 5 nitrogen and oxygen atoms in total. The van der Waals surface area contributed by atoms with Gasteiger partial charge in [-0.1, -0.05) is 25.5 Å². The van der Waals surface area contributed by atoms with Gasteiger partial charge in [0.2, 0.25) is 5.88 Å². The highest BCUT2D eigenvalue weighted by atomic mass is 16.5. The summed E-state index contributed by atoms with van der Waals surface area (Å²) in [7, 11) is 0. The Bertz CT molecular complexity index is 566. The maximum Gasteiger partial charge on any atom is 0.249 e. The van der Waals surface area contributed by atoms with Crippen molar-refractivity contribution in [3.63, 3.8) is 0 Å². The van der Waals surface area contributed by atoms with E-state index in [0.717, 1.165) is 12.8 Å². The molecular formula is C14H16N4O. The summed E-state index contributed by atoms with van der Waals surface area (Å²) in [5.74, 6) is 0.742. The molecule has 2 aromatic rings. The normalized spacial score (nSPS) is 10.2. The van der Waals surface area contributed by atoms with Crippen LogP contribution in [0.15, 0.2) is 36.7 Å². The van der Waals surface area contributed by atoms with E-state index >= 15 is 0 Å². The topological polar surface area (TPSA) is 84.9 Å². The predicted molar refractivity (Wildman–Crippen MR) is 73.6 cm³/mol. The number of nitrogens with zero attached hydrogens (tertiary/aromatic N) is 2. The van der Waals surface area contributed by atoms with Gasteiger partial charge in [-0.25, -0.2) is 9.97 Å². The quantitative estimate of drug-likeness (QED) is 0.635. The second-order valence-corrected chi connectivity index (χ2v) is 4.12. The Labute approximate surface area is 112 Å². The molecule has 0 bridgehead atoms. The van der Waals surface area contributed by atoms with Gasteiger partial charge in [-0.3, -0.25) is 5.41 Å². The third-order valence-electron chi connectivity index (χ3n) is 2.60. The first kappa shape index (κ1) is 13.0. The zero-order valence-corrected chi connectivity index (χ0v) is 10.8. The number of nitrogen functional groups attached to an aromatic ring is 1. The van der Waals surface area contributed by atoms with Crippen LogP contribution in [0.25, 0.3) is 0 Å². The van der Waals surface area contributed by atoms with Crippen molar-refractivity contribution < 1.29 is 4.74 Å². The number of ether oxygens (including phenoxy) is 1. The number of amidine groups is 1. The first-order valence-electron chi connectivity index (χ1n) is 6.13. The van der Waals surface area contributed by atoms with E-state index in [1.807, 2.05) is 24.3 Å². The van der Waals surface area contributed by atoms with E-state index in [9.17, 15) is 0 Å². The molecule has 0 saturated heterocycles. The van der Waals surface area contributed by atoms with Crippen LogP contribution in [0, 0.1) is 5.41 Å². The molecular weight excluding hydrogens is 240 g/mol. The lowest BCUT2D eigenvalue weighted by Gasteiger charge is -2.08. The summed E-state index contributed by atoms with van der Waals surface area (Å²) < 4.78 is 5.61. The van der Waals surface area contributed by atoms with Gasteiger partial charge in [-0.05, 0) is 24.1 Å². The van der Waals surface area contributed by atoms with Crippen LogP contribution in [0.4, 0.5) is 0 Å². The SMILES string of the molecule is CCCc1ccc(Oc2nccnc2C(=N)N)cc1. The summed E-state index contributed by atoms with van der Waals surface area (Å²) in [6.45, 7) is 2.14. The van der Waals surface area contributed by atoms with Gasteiger partial charge in [-0.2, -0.15) is 0 Å². The van der Waals surface area contributed by atoms with Gasteiger partial charge in [-0.15, -0.1) is 0 Å². The summed E-state index contributed by atoms with van der Waals surface area (Å²) in [5, 5.41) is 7.43. The Balaban J connectivity index is 2.19. The molecule has 2 rings (SSSR count). The first-order valence-corrected chi connectivity index (χ1v) is 6.13. The third kappa shape index (κ3) is 3.28. The number of aromatic nitrogens is 2. The zero-order valence-electron chi connectivity index (χ0n) is 10.8. The smallest absolute Gasteiger partial charge is 0.249 e. The summed E-state index contributed by atoms with van der Waals surface area (Å²) in [5.41, 5.74) is 6.95. The Morgan fingerprint density at radius 2 is 1.89 bits per heavy atom. The van der Waals surface area contributed by atoms with E-state index in [-0.39, 0.29) is 17.4 Å². The second kappa shape index (κ2) is 5.95. The minimum atomic E-state index is -0.161. The number of nitrogens with one attached hydrogen (secondary N) is 1. The summed E-state index contributed by atoms with van der Waals surface area (Å²) in [6.07, 6.45) is 5.14. The first-order chi connectivity index (χ1) is 9.20. The number of hydrogen-bond acceptors (Lipinski definition) is 4. The van der Waals surface area contributed by atoms with Crippen molar-refractivity contribution in [3.05, 3.63) is 47.9 Å². The Morgan fingerprint density at radius 3 is 2.53 bits per heavy atom. The Hall–Kier alpha value is -2.43. The second-order valence-electron chi connectivity index (χ2n) is 4.12. The van der Waals surface area contributed by atoms with E-state index in [2.05, 4.69) is 16.9 Å². The van der Waals surface area contributed by atoms with Crippen LogP contribution >= 0.6 is 0 Å². The molecule has 0 aliphatic heterocycles. The maximum atomic E-state index is 7.43. The van der Waals surface area contributed by atoms with Crippen molar-refractivity contribution in [3.8, 4) is 11.6 Å². The van der Waals surface area contributed by atoms with Gasteiger partial charge in [0.1, 0.15) is 11.6 Å². The van der Waals surface area contributed by atoms with E-state index in [1.165, 1.54) is 18.0 Å². The van der Waals surface area contributed by atoms with Crippen LogP contribution < -0.4 is 10.5 Å². The molecule has 0 unspecified atom stereocenters. The van der Waals surface area contributed by atoms with Gasteiger partial charge in [0.15, 0.2) is 5.69 Å². The molecule has 1 heterocycles. The fraction of sp³-hybridized carbons (Fsp3) is 0.214. The molecule has 1 aromatic heterocycles. The van der Waals surface area contributed by atoms with Crippen molar-refractivity contribution in [1.29, 1.82) is 5.41 Å². The monoisotopic (exact) mass is 256 g/mol. The van der Waals surface area contributed by atoms with Crippen molar-refractivity contribution >= 4 is 5.84 Å². The van der Waals surface area contributed by atoms with E-state index in [4.69, 9.17) is 15.9 Å². The molecule has 0 radical (unpaired) electrons. The molecule has 0 amide bonds. The number of hydrogen-bond donors (Lipinski definition) is 2. The average Bonchev–Trinajstić information content (AvgIpc) is 2.42. The molecule has 0 fully saturated rings. The van der Waals surface area contributed by atoms with Crippen LogP contribution in [0.5, 0.6) is 11.6 Å². The van der Waals surface area contributed by atoms with Crippen molar-refractivity contribution in [1.82, 2.24) is 9.97 Å². The van der Waals surface area contributed by atoms with Crippen LogP contribution in [0.1, 0.15) is 24.6 Å². The number of benzene rings is 1. The minimum Gasteiger partial charge on any atom is -0.437 e. The Morgan fingerprint density at radius 1 is 1.21 bits per heavy atom. The highest BCUT2D eigenvalue weighted by Gasteiger charge is 2.10. The lowest BCUT2D eigenvalue weighted by Crippen LogP contribution is -2.15. The van der Waals surface area contributed by atoms with Crippen LogP contribution in [0.2, 0.25) is 0 Å². The van der Waals surface area contributed by atoms with Crippen molar-refractivity contribution in [2.24, 2.45) is 5.73 Å². The molecule has 0 aliphatic rings. The van der Waals surface area contributed by atoms with E-state index < -0.39 is 0 Å². The summed E-state index contributed by atoms with van der Waals surface area (Å²) in [4.78, 5) is 8.03. The van der Waals surface area contributed by atoms with Crippen LogP contribution in [0.3, 0.4) is 0 Å².